The summed E-state index contributed by atoms with van der Waals surface area (Å²) < 4.78 is 21.7. The van der Waals surface area contributed by atoms with Crippen LogP contribution in [0.5, 0.6) is 0 Å². The van der Waals surface area contributed by atoms with Crippen LogP contribution in [0.15, 0.2) is 0 Å². The second kappa shape index (κ2) is 2.08. The van der Waals surface area contributed by atoms with Crippen molar-refractivity contribution in [1.82, 2.24) is 5.32 Å². The Labute approximate surface area is 64.0 Å². The Hall–Kier alpha value is -0.860. The van der Waals surface area contributed by atoms with E-state index in [0.717, 1.165) is 0 Å². The molecule has 1 unspecified atom stereocenters. The molecular formula is C7H11NO2. The summed E-state index contributed by atoms with van der Waals surface area (Å²) in [7, 11) is 0. The fourth-order valence-electron chi connectivity index (χ4n) is 0.930. The van der Waals surface area contributed by atoms with Gasteiger partial charge in [0.05, 0.1) is 5.41 Å². The monoisotopic (exact) mass is 145 g/mol. The number of carbonyl (C=O) groups is 2. The highest BCUT2D eigenvalue weighted by Gasteiger charge is 2.40. The van der Waals surface area contributed by atoms with Crippen molar-refractivity contribution in [1.29, 1.82) is 0 Å². The van der Waals surface area contributed by atoms with Crippen LogP contribution in [0.25, 0.3) is 0 Å². The van der Waals surface area contributed by atoms with Crippen LogP contribution in [0, 0.1) is 5.41 Å². The first-order valence-electron chi connectivity index (χ1n) is 4.68. The fraction of sp³-hybridized carbons (Fsp3) is 0.714. The first kappa shape index (κ1) is 4.11. The second-order valence-corrected chi connectivity index (χ2v) is 2.49. The molecule has 0 saturated carbocycles. The molecule has 0 spiro atoms. The van der Waals surface area contributed by atoms with Crippen LogP contribution in [0.4, 0.5) is 0 Å². The van der Waals surface area contributed by atoms with Gasteiger partial charge in [0.15, 0.2) is 0 Å². The molecule has 10 heavy (non-hydrogen) atoms. The van der Waals surface area contributed by atoms with Crippen molar-refractivity contribution in [2.75, 3.05) is 0 Å². The molecule has 1 rings (SSSR count). The molecule has 1 aliphatic rings. The van der Waals surface area contributed by atoms with E-state index in [2.05, 4.69) is 0 Å². The van der Waals surface area contributed by atoms with Crippen LogP contribution in [0.3, 0.4) is 0 Å². The third kappa shape index (κ3) is 0.916. The van der Waals surface area contributed by atoms with Crippen LogP contribution >= 0.6 is 0 Å². The Morgan fingerprint density at radius 3 is 2.70 bits per heavy atom. The summed E-state index contributed by atoms with van der Waals surface area (Å²) in [5.74, 6) is -1.16. The molecule has 0 radical (unpaired) electrons. The zero-order valence-corrected chi connectivity index (χ0v) is 5.73. The number of nitrogens with one attached hydrogen (secondary N) is 1. The van der Waals surface area contributed by atoms with E-state index < -0.39 is 24.1 Å². The summed E-state index contributed by atoms with van der Waals surface area (Å²) in [6.07, 6.45) is -0.0695. The molecule has 0 bridgehead atoms. The average Bonchev–Trinajstić information content (AvgIpc) is 2.25. The lowest BCUT2D eigenvalue weighted by atomic mass is 9.93. The number of carbonyl (C=O) groups excluding carboxylic acids is 2. The molecule has 3 nitrogen and oxygen atoms in total. The lowest BCUT2D eigenvalue weighted by Crippen LogP contribution is -2.28. The lowest BCUT2D eigenvalue weighted by Gasteiger charge is -2.14. The highest BCUT2D eigenvalue weighted by molar-refractivity contribution is 6.05. The topological polar surface area (TPSA) is 46.2 Å². The van der Waals surface area contributed by atoms with Gasteiger partial charge in [-0.2, -0.15) is 0 Å². The zero-order valence-electron chi connectivity index (χ0n) is 8.73. The Bertz CT molecular complexity index is 261. The maximum atomic E-state index is 11.3. The van der Waals surface area contributed by atoms with E-state index in [1.165, 1.54) is 0 Å². The summed E-state index contributed by atoms with van der Waals surface area (Å²) in [4.78, 5) is 22.2. The Morgan fingerprint density at radius 2 is 2.50 bits per heavy atom. The van der Waals surface area contributed by atoms with Crippen LogP contribution in [0.2, 0.25) is 0 Å². The van der Waals surface area contributed by atoms with Crippen molar-refractivity contribution in [2.24, 2.45) is 5.41 Å². The second-order valence-electron chi connectivity index (χ2n) is 2.49. The molecule has 2 amide bonds. The van der Waals surface area contributed by atoms with E-state index in [0.29, 0.717) is 0 Å². The number of rotatable bonds is 1. The largest absolute Gasteiger partial charge is 0.296 e. The molecule has 0 aromatic carbocycles. The van der Waals surface area contributed by atoms with Gasteiger partial charge in [-0.25, -0.2) is 0 Å². The molecule has 56 valence electrons. The predicted octanol–water partition coefficient (Wildman–Crippen LogP) is 0.449. The molecule has 1 fully saturated rings. The number of hydrogen-bond acceptors (Lipinski definition) is 2. The van der Waals surface area contributed by atoms with Crippen molar-refractivity contribution >= 4 is 11.8 Å². The Morgan fingerprint density at radius 1 is 1.80 bits per heavy atom. The van der Waals surface area contributed by atoms with Crippen LogP contribution < -0.4 is 5.32 Å². The van der Waals surface area contributed by atoms with E-state index in [9.17, 15) is 9.59 Å². The smallest absolute Gasteiger partial charge is 0.232 e. The summed E-state index contributed by atoms with van der Waals surface area (Å²) >= 11 is 0. The minimum atomic E-state index is -2.40. The molecule has 1 N–H and O–H groups in total. The van der Waals surface area contributed by atoms with Gasteiger partial charge in [-0.1, -0.05) is 13.8 Å². The van der Waals surface area contributed by atoms with Crippen LogP contribution in [-0.4, -0.2) is 11.8 Å². The summed E-state index contributed by atoms with van der Waals surface area (Å²) in [6.45, 7) is -0.803. The van der Waals surface area contributed by atoms with Gasteiger partial charge < -0.3 is 0 Å². The van der Waals surface area contributed by atoms with E-state index in [4.69, 9.17) is 4.11 Å². The molecule has 1 atom stereocenters. The van der Waals surface area contributed by atoms with E-state index in [1.807, 2.05) is 5.32 Å². The standard InChI is InChI=1S/C7H11NO2/c1-3-7(2)4-5(9)8-6(7)10/h3-4H2,1-2H3,(H,8,9,10)/i2+1D3. The van der Waals surface area contributed by atoms with E-state index in [1.54, 1.807) is 6.92 Å². The number of hydrogen-bond donors (Lipinski definition) is 1. The minimum Gasteiger partial charge on any atom is -0.296 e. The maximum Gasteiger partial charge on any atom is 0.232 e. The molecule has 0 aromatic heterocycles. The van der Waals surface area contributed by atoms with Gasteiger partial charge >= 0.3 is 0 Å². The van der Waals surface area contributed by atoms with Gasteiger partial charge in [-0.05, 0) is 6.42 Å². The first-order valence-corrected chi connectivity index (χ1v) is 3.18. The van der Waals surface area contributed by atoms with E-state index >= 15 is 0 Å². The van der Waals surface area contributed by atoms with Crippen LogP contribution in [0.1, 0.15) is 30.7 Å². The SMILES string of the molecule is [2H][13C]([2H])([2H])C1(CC)CC(=O)NC1=O. The van der Waals surface area contributed by atoms with Crippen molar-refractivity contribution in [3.63, 3.8) is 0 Å². The highest BCUT2D eigenvalue weighted by atomic mass is 16.2. The third-order valence-corrected chi connectivity index (χ3v) is 1.75. The van der Waals surface area contributed by atoms with Gasteiger partial charge in [0.1, 0.15) is 0 Å². The van der Waals surface area contributed by atoms with Gasteiger partial charge in [0, 0.05) is 10.5 Å². The maximum absolute atomic E-state index is 11.3. The molecule has 0 aliphatic carbocycles. The zero-order chi connectivity index (χ0) is 10.3. The summed E-state index contributed by atoms with van der Waals surface area (Å²) in [6, 6.07) is 0. The van der Waals surface area contributed by atoms with E-state index in [-0.39, 0.29) is 12.8 Å². The summed E-state index contributed by atoms with van der Waals surface area (Å²) in [5.41, 5.74) is -1.50. The van der Waals surface area contributed by atoms with Gasteiger partial charge in [-0.3, -0.25) is 14.9 Å². The quantitative estimate of drug-likeness (QED) is 0.430. The summed E-state index contributed by atoms with van der Waals surface area (Å²) in [5, 5.41) is 2.03. The van der Waals surface area contributed by atoms with Gasteiger partial charge in [0.25, 0.3) is 0 Å². The molecule has 3 heteroatoms. The fourth-order valence-corrected chi connectivity index (χ4v) is 0.930. The number of imide groups is 1. The first-order chi connectivity index (χ1) is 5.83. The van der Waals surface area contributed by atoms with Crippen LogP contribution in [-0.2, 0) is 9.59 Å². The molecule has 1 saturated heterocycles. The molecular weight excluding hydrogens is 131 g/mol. The Balaban J connectivity index is 3.08. The van der Waals surface area contributed by atoms with Gasteiger partial charge in [0.2, 0.25) is 11.8 Å². The van der Waals surface area contributed by atoms with Crippen molar-refractivity contribution in [3.8, 4) is 0 Å². The molecule has 1 heterocycles. The van der Waals surface area contributed by atoms with Gasteiger partial charge in [-0.15, -0.1) is 0 Å². The number of amides is 2. The molecule has 0 aromatic rings. The van der Waals surface area contributed by atoms with Crippen molar-refractivity contribution < 1.29 is 13.7 Å². The average molecular weight is 145 g/mol. The normalized spacial score (nSPS) is 38.3. The lowest BCUT2D eigenvalue weighted by molar-refractivity contribution is -0.128. The Kier molecular flexibility index (Phi) is 0.853. The minimum absolute atomic E-state index is 0.154. The highest BCUT2D eigenvalue weighted by Crippen LogP contribution is 2.29. The van der Waals surface area contributed by atoms with Crippen molar-refractivity contribution in [3.05, 3.63) is 0 Å². The molecule has 1 aliphatic heterocycles. The predicted molar refractivity (Wildman–Crippen MR) is 36.2 cm³/mol. The van der Waals surface area contributed by atoms with Crippen molar-refractivity contribution in [2.45, 2.75) is 26.6 Å². The third-order valence-electron chi connectivity index (χ3n) is 1.75.